The third-order valence-corrected chi connectivity index (χ3v) is 7.52. The molecular weight excluding hydrogens is 371 g/mol. The van der Waals surface area contributed by atoms with Gasteiger partial charge < -0.3 is 4.90 Å². The molecule has 8 heteroatoms. The Balaban J connectivity index is 1.69. The predicted molar refractivity (Wildman–Crippen MR) is 93.8 cm³/mol. The highest BCUT2D eigenvalue weighted by Gasteiger charge is 2.57. The zero-order valence-corrected chi connectivity index (χ0v) is 16.0. The van der Waals surface area contributed by atoms with Crippen molar-refractivity contribution in [1.82, 2.24) is 9.21 Å². The molecule has 1 unspecified atom stereocenters. The van der Waals surface area contributed by atoms with Gasteiger partial charge in [-0.3, -0.25) is 4.79 Å². The van der Waals surface area contributed by atoms with Crippen LogP contribution in [0.3, 0.4) is 0 Å². The van der Waals surface area contributed by atoms with Gasteiger partial charge in [0.1, 0.15) is 4.33 Å². The average molecular weight is 391 g/mol. The normalized spacial score (nSPS) is 24.0. The van der Waals surface area contributed by atoms with Crippen molar-refractivity contribution in [3.63, 3.8) is 0 Å². The molecule has 5 nitrogen and oxygen atoms in total. The molecule has 2 fully saturated rings. The van der Waals surface area contributed by atoms with Crippen LogP contribution in [0.25, 0.3) is 0 Å². The van der Waals surface area contributed by atoms with E-state index in [9.17, 15) is 13.2 Å². The Morgan fingerprint density at radius 3 is 2.25 bits per heavy atom. The van der Waals surface area contributed by atoms with E-state index in [1.165, 1.54) is 4.31 Å². The lowest BCUT2D eigenvalue weighted by Gasteiger charge is -2.34. The number of carbonyl (C=O) groups excluding carboxylic acids is 1. The first-order valence-electron chi connectivity index (χ1n) is 7.87. The number of amides is 1. The molecule has 24 heavy (non-hydrogen) atoms. The van der Waals surface area contributed by atoms with Gasteiger partial charge in [0.05, 0.1) is 10.8 Å². The maximum atomic E-state index is 12.8. The molecule has 1 saturated carbocycles. The molecule has 1 saturated heterocycles. The van der Waals surface area contributed by atoms with Gasteiger partial charge in [0.2, 0.25) is 15.9 Å². The second-order valence-corrected chi connectivity index (χ2v) is 9.96. The Morgan fingerprint density at radius 1 is 1.17 bits per heavy atom. The van der Waals surface area contributed by atoms with Crippen LogP contribution in [0.5, 0.6) is 0 Å². The Hall–Kier alpha value is -0.820. The summed E-state index contributed by atoms with van der Waals surface area (Å²) in [6.07, 6.45) is 0.468. The van der Waals surface area contributed by atoms with E-state index in [2.05, 4.69) is 0 Å². The van der Waals surface area contributed by atoms with Crippen LogP contribution in [0.4, 0.5) is 0 Å². The lowest BCUT2D eigenvalue weighted by molar-refractivity contribution is -0.133. The Bertz CT molecular complexity index is 772. The fourth-order valence-electron chi connectivity index (χ4n) is 3.08. The van der Waals surface area contributed by atoms with E-state index >= 15 is 0 Å². The van der Waals surface area contributed by atoms with Crippen molar-refractivity contribution >= 4 is 39.1 Å². The van der Waals surface area contributed by atoms with Crippen LogP contribution >= 0.6 is 23.2 Å². The number of aryl methyl sites for hydroxylation is 2. The molecular formula is C16H20Cl2N2O3S. The van der Waals surface area contributed by atoms with Crippen LogP contribution in [0, 0.1) is 19.8 Å². The minimum absolute atomic E-state index is 0.0800. The summed E-state index contributed by atoms with van der Waals surface area (Å²) in [6.45, 7) is 5.02. The molecule has 1 heterocycles. The summed E-state index contributed by atoms with van der Waals surface area (Å²) in [5.74, 6) is -0.438. The topological polar surface area (TPSA) is 57.7 Å². The zero-order chi connectivity index (χ0) is 17.7. The number of piperazine rings is 1. The molecule has 1 amide bonds. The summed E-state index contributed by atoms with van der Waals surface area (Å²) in [4.78, 5) is 14.3. The molecule has 0 radical (unpaired) electrons. The van der Waals surface area contributed by atoms with Crippen molar-refractivity contribution in [2.75, 3.05) is 26.2 Å². The van der Waals surface area contributed by atoms with Crippen molar-refractivity contribution in [2.45, 2.75) is 29.5 Å². The van der Waals surface area contributed by atoms with Crippen LogP contribution < -0.4 is 0 Å². The van der Waals surface area contributed by atoms with Crippen LogP contribution in [0.2, 0.25) is 0 Å². The SMILES string of the molecule is Cc1ccc(S(=O)(=O)N2CCN(C(=O)C3CC3(Cl)Cl)CC2)c(C)c1. The summed E-state index contributed by atoms with van der Waals surface area (Å²) in [6, 6.07) is 5.31. The minimum atomic E-state index is -3.54. The molecule has 1 atom stereocenters. The van der Waals surface area contributed by atoms with E-state index in [1.807, 2.05) is 13.0 Å². The van der Waals surface area contributed by atoms with Crippen LogP contribution in [-0.2, 0) is 14.8 Å². The third-order valence-electron chi connectivity index (χ3n) is 4.62. The first-order chi connectivity index (χ1) is 11.1. The molecule has 3 rings (SSSR count). The Labute approximate surface area is 152 Å². The first-order valence-corrected chi connectivity index (χ1v) is 10.1. The van der Waals surface area contributed by atoms with Gasteiger partial charge in [0.15, 0.2) is 0 Å². The van der Waals surface area contributed by atoms with Gasteiger partial charge in [-0.25, -0.2) is 8.42 Å². The van der Waals surface area contributed by atoms with Gasteiger partial charge in [-0.1, -0.05) is 17.7 Å². The lowest BCUT2D eigenvalue weighted by atomic mass is 10.2. The average Bonchev–Trinajstić information content (AvgIpc) is 3.15. The van der Waals surface area contributed by atoms with Gasteiger partial charge in [0, 0.05) is 26.2 Å². The second kappa shape index (κ2) is 6.16. The van der Waals surface area contributed by atoms with Gasteiger partial charge in [0.25, 0.3) is 0 Å². The Kier molecular flexibility index (Phi) is 4.62. The monoisotopic (exact) mass is 390 g/mol. The van der Waals surface area contributed by atoms with E-state index in [0.717, 1.165) is 11.1 Å². The molecule has 1 aliphatic carbocycles. The molecule has 1 aliphatic heterocycles. The maximum absolute atomic E-state index is 12.8. The fourth-order valence-corrected chi connectivity index (χ4v) is 5.20. The lowest BCUT2D eigenvalue weighted by Crippen LogP contribution is -2.51. The highest BCUT2D eigenvalue weighted by atomic mass is 35.5. The number of sulfonamides is 1. The fraction of sp³-hybridized carbons (Fsp3) is 0.562. The van der Waals surface area contributed by atoms with E-state index in [1.54, 1.807) is 24.0 Å². The zero-order valence-electron chi connectivity index (χ0n) is 13.6. The first kappa shape index (κ1) is 18.0. The van der Waals surface area contributed by atoms with E-state index < -0.39 is 14.4 Å². The summed E-state index contributed by atoms with van der Waals surface area (Å²) in [5, 5.41) is 0. The van der Waals surface area contributed by atoms with Gasteiger partial charge in [-0.15, -0.1) is 23.2 Å². The molecule has 1 aromatic rings. The quantitative estimate of drug-likeness (QED) is 0.744. The molecule has 2 aliphatic rings. The number of alkyl halides is 2. The summed E-state index contributed by atoms with van der Waals surface area (Å²) < 4.78 is 26.1. The van der Waals surface area contributed by atoms with Gasteiger partial charge >= 0.3 is 0 Å². The van der Waals surface area contributed by atoms with Crippen LogP contribution in [-0.4, -0.2) is 54.0 Å². The number of hydrogen-bond donors (Lipinski definition) is 0. The standard InChI is InChI=1S/C16H20Cl2N2O3S/c1-11-3-4-14(12(2)9-11)24(22,23)20-7-5-19(6-8-20)15(21)13-10-16(13,17)18/h3-4,9,13H,5-8,10H2,1-2H3. The second-order valence-electron chi connectivity index (χ2n) is 6.52. The number of rotatable bonds is 3. The third kappa shape index (κ3) is 3.29. The molecule has 1 aromatic carbocycles. The van der Waals surface area contributed by atoms with Crippen molar-refractivity contribution < 1.29 is 13.2 Å². The smallest absolute Gasteiger partial charge is 0.243 e. The van der Waals surface area contributed by atoms with Crippen molar-refractivity contribution in [2.24, 2.45) is 5.92 Å². The number of halogens is 2. The van der Waals surface area contributed by atoms with Crippen molar-refractivity contribution in [3.05, 3.63) is 29.3 Å². The van der Waals surface area contributed by atoms with Crippen LogP contribution in [0.1, 0.15) is 17.5 Å². The molecule has 0 bridgehead atoms. The molecule has 0 aromatic heterocycles. The molecule has 0 N–H and O–H groups in total. The predicted octanol–water partition coefficient (Wildman–Crippen LogP) is 2.33. The Morgan fingerprint density at radius 2 is 1.75 bits per heavy atom. The maximum Gasteiger partial charge on any atom is 0.243 e. The molecule has 0 spiro atoms. The van der Waals surface area contributed by atoms with Gasteiger partial charge in [-0.2, -0.15) is 4.31 Å². The summed E-state index contributed by atoms with van der Waals surface area (Å²) >= 11 is 11.9. The largest absolute Gasteiger partial charge is 0.340 e. The number of nitrogens with zero attached hydrogens (tertiary/aromatic N) is 2. The minimum Gasteiger partial charge on any atom is -0.340 e. The summed E-state index contributed by atoms with van der Waals surface area (Å²) in [5.41, 5.74) is 1.76. The van der Waals surface area contributed by atoms with E-state index in [4.69, 9.17) is 23.2 Å². The molecule has 132 valence electrons. The van der Waals surface area contributed by atoms with E-state index in [0.29, 0.717) is 24.4 Å². The van der Waals surface area contributed by atoms with Crippen molar-refractivity contribution in [3.8, 4) is 0 Å². The number of hydrogen-bond acceptors (Lipinski definition) is 3. The highest BCUT2D eigenvalue weighted by molar-refractivity contribution is 7.89. The highest BCUT2D eigenvalue weighted by Crippen LogP contribution is 2.53. The van der Waals surface area contributed by atoms with E-state index in [-0.39, 0.29) is 24.9 Å². The van der Waals surface area contributed by atoms with Crippen molar-refractivity contribution in [1.29, 1.82) is 0 Å². The number of carbonyl (C=O) groups is 1. The number of benzene rings is 1. The summed E-state index contributed by atoms with van der Waals surface area (Å²) in [7, 11) is -3.54. The van der Waals surface area contributed by atoms with Gasteiger partial charge in [-0.05, 0) is 31.9 Å². The van der Waals surface area contributed by atoms with Crippen LogP contribution in [0.15, 0.2) is 23.1 Å².